The van der Waals surface area contributed by atoms with E-state index in [1.807, 2.05) is 54.6 Å². The van der Waals surface area contributed by atoms with Gasteiger partial charge in [-0.25, -0.2) is 4.98 Å². The Balaban J connectivity index is 1.30. The van der Waals surface area contributed by atoms with E-state index in [4.69, 9.17) is 14.5 Å². The number of nitrogens with zero attached hydrogens (tertiary/aromatic N) is 1. The molecule has 4 aromatic rings. The summed E-state index contributed by atoms with van der Waals surface area (Å²) in [5.41, 5.74) is 3.54. The molecule has 6 nitrogen and oxygen atoms in total. The van der Waals surface area contributed by atoms with E-state index in [2.05, 4.69) is 22.4 Å². The van der Waals surface area contributed by atoms with E-state index in [-0.39, 0.29) is 18.1 Å². The Morgan fingerprint density at radius 3 is 2.61 bits per heavy atom. The zero-order valence-corrected chi connectivity index (χ0v) is 18.4. The van der Waals surface area contributed by atoms with Crippen molar-refractivity contribution in [2.75, 3.05) is 13.2 Å². The quantitative estimate of drug-likeness (QED) is 0.410. The van der Waals surface area contributed by atoms with Crippen molar-refractivity contribution in [3.8, 4) is 5.75 Å². The summed E-state index contributed by atoms with van der Waals surface area (Å²) in [5.74, 6) is 1.33. The lowest BCUT2D eigenvalue weighted by atomic mass is 10.0. The van der Waals surface area contributed by atoms with Crippen molar-refractivity contribution in [2.24, 2.45) is 0 Å². The van der Waals surface area contributed by atoms with Gasteiger partial charge in [0, 0.05) is 12.2 Å². The predicted octanol–water partition coefficient (Wildman–Crippen LogP) is 4.83. The Morgan fingerprint density at radius 2 is 1.85 bits per heavy atom. The van der Waals surface area contributed by atoms with Crippen LogP contribution in [0.15, 0.2) is 78.9 Å². The van der Waals surface area contributed by atoms with E-state index in [0.29, 0.717) is 18.6 Å². The molecule has 168 valence electrons. The summed E-state index contributed by atoms with van der Waals surface area (Å²) in [6, 6.07) is 24.9. The van der Waals surface area contributed by atoms with Gasteiger partial charge in [-0.15, -0.1) is 0 Å². The fraction of sp³-hybridized carbons (Fsp3) is 0.259. The zero-order valence-electron chi connectivity index (χ0n) is 18.4. The van der Waals surface area contributed by atoms with E-state index in [1.165, 1.54) is 0 Å². The summed E-state index contributed by atoms with van der Waals surface area (Å²) in [4.78, 5) is 21.2. The summed E-state index contributed by atoms with van der Waals surface area (Å²) in [7, 11) is 0. The number of H-pyrrole nitrogens is 1. The molecule has 0 spiro atoms. The van der Waals surface area contributed by atoms with Crippen molar-refractivity contribution in [3.05, 3.63) is 95.8 Å². The molecular formula is C27H27N3O3. The van der Waals surface area contributed by atoms with Crippen molar-refractivity contribution < 1.29 is 14.3 Å². The molecule has 1 aliphatic rings. The number of hydrogen-bond acceptors (Lipinski definition) is 4. The molecule has 2 heterocycles. The lowest BCUT2D eigenvalue weighted by molar-refractivity contribution is 0.0679. The maximum absolute atomic E-state index is 13.1. The Bertz CT molecular complexity index is 1170. The normalized spacial score (nSPS) is 16.5. The van der Waals surface area contributed by atoms with E-state index < -0.39 is 0 Å². The number of aromatic nitrogens is 2. The van der Waals surface area contributed by atoms with E-state index in [1.54, 1.807) is 12.1 Å². The first kappa shape index (κ1) is 21.2. The van der Waals surface area contributed by atoms with Crippen LogP contribution in [0.4, 0.5) is 0 Å². The fourth-order valence-electron chi connectivity index (χ4n) is 4.11. The number of fused-ring (bicyclic) bond motifs is 1. The van der Waals surface area contributed by atoms with Crippen LogP contribution in [0.3, 0.4) is 0 Å². The average Bonchev–Trinajstić information content (AvgIpc) is 3.53. The minimum absolute atomic E-state index is 0.151. The zero-order chi connectivity index (χ0) is 22.5. The number of hydrogen-bond donors (Lipinski definition) is 2. The highest BCUT2D eigenvalue weighted by atomic mass is 16.5. The van der Waals surface area contributed by atoms with Gasteiger partial charge < -0.3 is 19.8 Å². The molecular weight excluding hydrogens is 414 g/mol. The lowest BCUT2D eigenvalue weighted by Gasteiger charge is -2.17. The van der Waals surface area contributed by atoms with Gasteiger partial charge in [-0.3, -0.25) is 4.79 Å². The summed E-state index contributed by atoms with van der Waals surface area (Å²) in [5, 5.41) is 3.16. The largest absolute Gasteiger partial charge is 0.491 e. The van der Waals surface area contributed by atoms with Crippen molar-refractivity contribution in [2.45, 2.75) is 31.4 Å². The average molecular weight is 442 g/mol. The molecule has 0 saturated carbocycles. The predicted molar refractivity (Wildman–Crippen MR) is 127 cm³/mol. The van der Waals surface area contributed by atoms with Crippen LogP contribution in [0.1, 0.15) is 40.6 Å². The number of benzene rings is 3. The molecule has 3 aromatic carbocycles. The molecule has 1 amide bonds. The summed E-state index contributed by atoms with van der Waals surface area (Å²) >= 11 is 0. The first-order valence-electron chi connectivity index (χ1n) is 11.4. The van der Waals surface area contributed by atoms with Gasteiger partial charge in [-0.05, 0) is 61.2 Å². The lowest BCUT2D eigenvalue weighted by Crippen LogP contribution is -2.30. The second-order valence-electron chi connectivity index (χ2n) is 8.33. The molecule has 6 heteroatoms. The van der Waals surface area contributed by atoms with E-state index in [9.17, 15) is 4.79 Å². The molecule has 1 aromatic heterocycles. The van der Waals surface area contributed by atoms with E-state index >= 15 is 0 Å². The number of aromatic amines is 1. The van der Waals surface area contributed by atoms with Gasteiger partial charge in [0.25, 0.3) is 5.91 Å². The van der Waals surface area contributed by atoms with Crippen LogP contribution < -0.4 is 10.1 Å². The van der Waals surface area contributed by atoms with Gasteiger partial charge >= 0.3 is 0 Å². The van der Waals surface area contributed by atoms with Crippen LogP contribution in [0, 0.1) is 0 Å². The summed E-state index contributed by atoms with van der Waals surface area (Å²) in [6.45, 7) is 1.35. The van der Waals surface area contributed by atoms with E-state index in [0.717, 1.165) is 47.6 Å². The van der Waals surface area contributed by atoms with Crippen LogP contribution in [-0.2, 0) is 11.2 Å². The minimum Gasteiger partial charge on any atom is -0.491 e. The maximum Gasteiger partial charge on any atom is 0.251 e. The van der Waals surface area contributed by atoms with Gasteiger partial charge in [-0.2, -0.15) is 0 Å². The monoisotopic (exact) mass is 441 g/mol. The number of carbonyl (C=O) groups excluding carboxylic acids is 1. The van der Waals surface area contributed by atoms with Crippen LogP contribution in [0.2, 0.25) is 0 Å². The van der Waals surface area contributed by atoms with Crippen molar-refractivity contribution in [3.63, 3.8) is 0 Å². The van der Waals surface area contributed by atoms with Gasteiger partial charge in [0.15, 0.2) is 0 Å². The maximum atomic E-state index is 13.1. The summed E-state index contributed by atoms with van der Waals surface area (Å²) < 4.78 is 11.4. The van der Waals surface area contributed by atoms with Gasteiger partial charge in [0.1, 0.15) is 18.2 Å². The standard InChI is InChI=1S/C27H27N3O3/c31-27(20-12-14-21(15-13-20)33-18-22-9-6-16-32-22)30-25(17-19-7-2-1-3-8-19)26-28-23-10-4-5-11-24(23)29-26/h1-5,7-8,10-15,22,25H,6,9,16-18H2,(H,28,29)(H,30,31). The molecule has 1 saturated heterocycles. The highest BCUT2D eigenvalue weighted by Gasteiger charge is 2.20. The molecule has 0 radical (unpaired) electrons. The first-order chi connectivity index (χ1) is 16.2. The molecule has 0 aliphatic carbocycles. The summed E-state index contributed by atoms with van der Waals surface area (Å²) in [6.07, 6.45) is 2.92. The Labute approximate surface area is 193 Å². The van der Waals surface area contributed by atoms with Crippen molar-refractivity contribution in [1.29, 1.82) is 0 Å². The molecule has 0 bridgehead atoms. The molecule has 2 unspecified atom stereocenters. The number of para-hydroxylation sites is 2. The molecule has 33 heavy (non-hydrogen) atoms. The second kappa shape index (κ2) is 9.88. The SMILES string of the molecule is O=C(NC(Cc1ccccc1)c1nc2ccccc2[nH]1)c1ccc(OCC2CCCO2)cc1. The Kier molecular flexibility index (Phi) is 6.35. The van der Waals surface area contributed by atoms with Gasteiger partial charge in [0.05, 0.1) is 23.2 Å². The van der Waals surface area contributed by atoms with Crippen molar-refractivity contribution >= 4 is 16.9 Å². The van der Waals surface area contributed by atoms with Crippen LogP contribution >= 0.6 is 0 Å². The van der Waals surface area contributed by atoms with Gasteiger partial charge in [0.2, 0.25) is 0 Å². The number of amides is 1. The Morgan fingerprint density at radius 1 is 1.06 bits per heavy atom. The number of carbonyl (C=O) groups is 1. The molecule has 2 atom stereocenters. The first-order valence-corrected chi connectivity index (χ1v) is 11.4. The smallest absolute Gasteiger partial charge is 0.251 e. The third-order valence-corrected chi connectivity index (χ3v) is 5.90. The number of ether oxygens (including phenoxy) is 2. The highest BCUT2D eigenvalue weighted by Crippen LogP contribution is 2.21. The number of imidazole rings is 1. The molecule has 2 N–H and O–H groups in total. The Hall–Kier alpha value is -3.64. The van der Waals surface area contributed by atoms with Crippen LogP contribution in [0.5, 0.6) is 5.75 Å². The number of rotatable bonds is 8. The second-order valence-corrected chi connectivity index (χ2v) is 8.33. The molecule has 5 rings (SSSR count). The van der Waals surface area contributed by atoms with Gasteiger partial charge in [-0.1, -0.05) is 42.5 Å². The topological polar surface area (TPSA) is 76.2 Å². The third kappa shape index (κ3) is 5.23. The highest BCUT2D eigenvalue weighted by molar-refractivity contribution is 5.94. The third-order valence-electron chi connectivity index (χ3n) is 5.90. The van der Waals surface area contributed by atoms with Crippen molar-refractivity contribution in [1.82, 2.24) is 15.3 Å². The fourth-order valence-corrected chi connectivity index (χ4v) is 4.11. The molecule has 1 fully saturated rings. The number of nitrogens with one attached hydrogen (secondary N) is 2. The van der Waals surface area contributed by atoms with Crippen LogP contribution in [-0.4, -0.2) is 35.2 Å². The minimum atomic E-state index is -0.289. The van der Waals surface area contributed by atoms with Crippen LogP contribution in [0.25, 0.3) is 11.0 Å². The molecule has 1 aliphatic heterocycles.